The second-order valence-electron chi connectivity index (χ2n) is 5.65. The van der Waals surface area contributed by atoms with E-state index in [1.807, 2.05) is 43.3 Å². The van der Waals surface area contributed by atoms with Gasteiger partial charge in [0.2, 0.25) is 0 Å². The number of ether oxygens (including phenoxy) is 1. The van der Waals surface area contributed by atoms with Gasteiger partial charge in [-0.2, -0.15) is 0 Å². The molecule has 1 saturated carbocycles. The Morgan fingerprint density at radius 3 is 2.35 bits per heavy atom. The summed E-state index contributed by atoms with van der Waals surface area (Å²) in [4.78, 5) is 0. The first-order valence-corrected chi connectivity index (χ1v) is 7.15. The van der Waals surface area contributed by atoms with Gasteiger partial charge in [0.05, 0.1) is 6.10 Å². The third kappa shape index (κ3) is 2.86. The molecule has 0 spiro atoms. The lowest BCUT2D eigenvalue weighted by Crippen LogP contribution is -2.03. The molecule has 1 aliphatic carbocycles. The van der Waals surface area contributed by atoms with E-state index in [4.69, 9.17) is 4.74 Å². The summed E-state index contributed by atoms with van der Waals surface area (Å²) in [5.41, 5.74) is 4.20. The molecule has 3 rings (SSSR count). The van der Waals surface area contributed by atoms with E-state index in [2.05, 4.69) is 13.0 Å². The highest BCUT2D eigenvalue weighted by Crippen LogP contribution is 2.29. The van der Waals surface area contributed by atoms with Gasteiger partial charge in [-0.15, -0.1) is 0 Å². The van der Waals surface area contributed by atoms with E-state index in [1.165, 1.54) is 5.56 Å². The zero-order chi connectivity index (χ0) is 14.1. The molecule has 2 aromatic carbocycles. The molecule has 0 radical (unpaired) electrons. The van der Waals surface area contributed by atoms with E-state index in [0.29, 0.717) is 6.10 Å². The second-order valence-corrected chi connectivity index (χ2v) is 5.65. The minimum absolute atomic E-state index is 0.408. The van der Waals surface area contributed by atoms with Crippen molar-refractivity contribution in [2.45, 2.75) is 38.9 Å². The van der Waals surface area contributed by atoms with Gasteiger partial charge in [0.1, 0.15) is 11.9 Å². The first-order valence-electron chi connectivity index (χ1n) is 7.15. The number of rotatable bonds is 4. The van der Waals surface area contributed by atoms with Gasteiger partial charge in [-0.05, 0) is 55.5 Å². The van der Waals surface area contributed by atoms with Crippen LogP contribution in [0.3, 0.4) is 0 Å². The average molecular weight is 268 g/mol. The van der Waals surface area contributed by atoms with Crippen molar-refractivity contribution < 1.29 is 9.84 Å². The number of aryl methyl sites for hydroxylation is 2. The van der Waals surface area contributed by atoms with Crippen molar-refractivity contribution in [1.29, 1.82) is 0 Å². The summed E-state index contributed by atoms with van der Waals surface area (Å²) in [5, 5.41) is 10.5. The van der Waals surface area contributed by atoms with Crippen molar-refractivity contribution in [3.05, 3.63) is 64.7 Å². The van der Waals surface area contributed by atoms with Crippen molar-refractivity contribution in [3.8, 4) is 5.75 Å². The van der Waals surface area contributed by atoms with Crippen molar-refractivity contribution in [3.63, 3.8) is 0 Å². The molecule has 0 aromatic heterocycles. The molecule has 0 heterocycles. The minimum Gasteiger partial charge on any atom is -0.490 e. The van der Waals surface area contributed by atoms with E-state index in [-0.39, 0.29) is 0 Å². The second kappa shape index (κ2) is 5.29. The Bertz CT molecular complexity index is 597. The van der Waals surface area contributed by atoms with Crippen LogP contribution < -0.4 is 4.74 Å². The fourth-order valence-electron chi connectivity index (χ4n) is 2.42. The molecule has 1 unspecified atom stereocenters. The van der Waals surface area contributed by atoms with Crippen LogP contribution in [0.1, 0.15) is 41.2 Å². The van der Waals surface area contributed by atoms with Gasteiger partial charge in [0.15, 0.2) is 0 Å². The van der Waals surface area contributed by atoms with Crippen molar-refractivity contribution in [2.75, 3.05) is 0 Å². The van der Waals surface area contributed by atoms with Gasteiger partial charge in [-0.3, -0.25) is 0 Å². The van der Waals surface area contributed by atoms with Gasteiger partial charge in [0, 0.05) is 0 Å². The summed E-state index contributed by atoms with van der Waals surface area (Å²) >= 11 is 0. The minimum atomic E-state index is -0.578. The van der Waals surface area contributed by atoms with E-state index in [9.17, 15) is 5.11 Å². The van der Waals surface area contributed by atoms with Gasteiger partial charge < -0.3 is 9.84 Å². The van der Waals surface area contributed by atoms with E-state index in [1.54, 1.807) is 0 Å². The van der Waals surface area contributed by atoms with Gasteiger partial charge in [0.25, 0.3) is 0 Å². The molecule has 1 atom stereocenters. The highest BCUT2D eigenvalue weighted by molar-refractivity contribution is 5.39. The molecule has 0 amide bonds. The number of hydrogen-bond donors (Lipinski definition) is 1. The van der Waals surface area contributed by atoms with Gasteiger partial charge >= 0.3 is 0 Å². The van der Waals surface area contributed by atoms with Crippen LogP contribution in [0.2, 0.25) is 0 Å². The predicted octanol–water partition coefficient (Wildman–Crippen LogP) is 3.93. The van der Waals surface area contributed by atoms with E-state index >= 15 is 0 Å². The molecule has 2 aromatic rings. The fraction of sp³-hybridized carbons (Fsp3) is 0.333. The summed E-state index contributed by atoms with van der Waals surface area (Å²) in [7, 11) is 0. The van der Waals surface area contributed by atoms with Crippen LogP contribution in [-0.2, 0) is 0 Å². The van der Waals surface area contributed by atoms with Crippen molar-refractivity contribution in [1.82, 2.24) is 0 Å². The predicted molar refractivity (Wildman–Crippen MR) is 80.1 cm³/mol. The Balaban J connectivity index is 1.80. The zero-order valence-corrected chi connectivity index (χ0v) is 12.0. The number of hydrogen-bond acceptors (Lipinski definition) is 2. The Hall–Kier alpha value is -1.80. The smallest absolute Gasteiger partial charge is 0.119 e. The summed E-state index contributed by atoms with van der Waals surface area (Å²) in [5.74, 6) is 0.893. The maximum absolute atomic E-state index is 10.5. The standard InChI is InChI=1S/C18H20O2/c1-12-3-10-17(13(2)11-12)18(19)14-4-6-15(7-5-14)20-16-8-9-16/h3-7,10-11,16,18-19H,8-9H2,1-2H3. The Labute approximate surface area is 120 Å². The number of benzene rings is 2. The maximum Gasteiger partial charge on any atom is 0.119 e. The summed E-state index contributed by atoms with van der Waals surface area (Å²) in [6.07, 6.45) is 2.15. The topological polar surface area (TPSA) is 29.5 Å². The van der Waals surface area contributed by atoms with E-state index in [0.717, 1.165) is 35.3 Å². The Morgan fingerprint density at radius 2 is 1.75 bits per heavy atom. The van der Waals surface area contributed by atoms with Gasteiger partial charge in [-0.1, -0.05) is 35.9 Å². The molecule has 0 aliphatic heterocycles. The van der Waals surface area contributed by atoms with Crippen molar-refractivity contribution >= 4 is 0 Å². The quantitative estimate of drug-likeness (QED) is 0.910. The molecule has 0 bridgehead atoms. The molecule has 20 heavy (non-hydrogen) atoms. The molecule has 1 fully saturated rings. The molecular formula is C18H20O2. The monoisotopic (exact) mass is 268 g/mol. The zero-order valence-electron chi connectivity index (χ0n) is 12.0. The maximum atomic E-state index is 10.5. The fourth-order valence-corrected chi connectivity index (χ4v) is 2.42. The van der Waals surface area contributed by atoms with Crippen LogP contribution in [0, 0.1) is 13.8 Å². The first kappa shape index (κ1) is 13.2. The SMILES string of the molecule is Cc1ccc(C(O)c2ccc(OC3CC3)cc2)c(C)c1. The van der Waals surface area contributed by atoms with Crippen LogP contribution in [0.5, 0.6) is 5.75 Å². The highest BCUT2D eigenvalue weighted by Gasteiger charge is 2.23. The molecule has 1 aliphatic rings. The largest absolute Gasteiger partial charge is 0.490 e. The average Bonchev–Trinajstić information content (AvgIpc) is 3.23. The van der Waals surface area contributed by atoms with Crippen LogP contribution >= 0.6 is 0 Å². The van der Waals surface area contributed by atoms with Crippen LogP contribution in [0.15, 0.2) is 42.5 Å². The molecule has 2 heteroatoms. The molecule has 2 nitrogen and oxygen atoms in total. The highest BCUT2D eigenvalue weighted by atomic mass is 16.5. The Morgan fingerprint density at radius 1 is 1.05 bits per heavy atom. The van der Waals surface area contributed by atoms with E-state index < -0.39 is 6.10 Å². The third-order valence-electron chi connectivity index (χ3n) is 3.74. The molecule has 1 N–H and O–H groups in total. The summed E-state index contributed by atoms with van der Waals surface area (Å²) in [6.45, 7) is 4.10. The van der Waals surface area contributed by atoms with Crippen molar-refractivity contribution in [2.24, 2.45) is 0 Å². The van der Waals surface area contributed by atoms with Gasteiger partial charge in [-0.25, -0.2) is 0 Å². The molecular weight excluding hydrogens is 248 g/mol. The summed E-state index contributed by atoms with van der Waals surface area (Å²) in [6, 6.07) is 13.9. The normalized spacial score (nSPS) is 15.9. The van der Waals surface area contributed by atoms with Crippen LogP contribution in [-0.4, -0.2) is 11.2 Å². The number of aliphatic hydroxyl groups is 1. The molecule has 104 valence electrons. The lowest BCUT2D eigenvalue weighted by Gasteiger charge is -2.15. The third-order valence-corrected chi connectivity index (χ3v) is 3.74. The van der Waals surface area contributed by atoms with Crippen LogP contribution in [0.25, 0.3) is 0 Å². The first-order chi connectivity index (χ1) is 9.63. The summed E-state index contributed by atoms with van der Waals surface area (Å²) < 4.78 is 5.72. The lowest BCUT2D eigenvalue weighted by molar-refractivity contribution is 0.219. The Kier molecular flexibility index (Phi) is 3.49. The van der Waals surface area contributed by atoms with Crippen LogP contribution in [0.4, 0.5) is 0 Å². The number of aliphatic hydroxyl groups excluding tert-OH is 1. The molecule has 0 saturated heterocycles. The lowest BCUT2D eigenvalue weighted by atomic mass is 9.96.